The SMILES string of the molecule is CCc1ccc(Nc2c(C(=O)NOCCO)cc3scnc3c2F)c(F)c1. The summed E-state index contributed by atoms with van der Waals surface area (Å²) in [6.45, 7) is 1.49. The summed E-state index contributed by atoms with van der Waals surface area (Å²) in [6.07, 6.45) is 0.659. The molecule has 3 aromatic rings. The van der Waals surface area contributed by atoms with E-state index in [0.717, 1.165) is 5.56 Å². The number of aliphatic hydroxyl groups excluding tert-OH is 1. The normalized spacial score (nSPS) is 11.0. The van der Waals surface area contributed by atoms with Crippen molar-refractivity contribution in [1.82, 2.24) is 10.5 Å². The molecule has 9 heteroatoms. The van der Waals surface area contributed by atoms with E-state index in [-0.39, 0.29) is 35.7 Å². The van der Waals surface area contributed by atoms with Crippen LogP contribution in [-0.2, 0) is 11.3 Å². The molecule has 142 valence electrons. The van der Waals surface area contributed by atoms with Gasteiger partial charge in [-0.1, -0.05) is 13.0 Å². The number of carbonyl (C=O) groups is 1. The van der Waals surface area contributed by atoms with Crippen molar-refractivity contribution in [2.45, 2.75) is 13.3 Å². The number of nitrogens with zero attached hydrogens (tertiary/aromatic N) is 1. The van der Waals surface area contributed by atoms with E-state index in [1.165, 1.54) is 35.0 Å². The van der Waals surface area contributed by atoms with Gasteiger partial charge in [0.05, 0.1) is 40.4 Å². The number of thiazole rings is 1. The van der Waals surface area contributed by atoms with Crippen LogP contribution in [0.5, 0.6) is 0 Å². The van der Waals surface area contributed by atoms with E-state index < -0.39 is 17.5 Å². The fraction of sp³-hybridized carbons (Fsp3) is 0.222. The molecule has 0 aliphatic rings. The molecule has 0 unspecified atom stereocenters. The quantitative estimate of drug-likeness (QED) is 0.422. The van der Waals surface area contributed by atoms with Gasteiger partial charge in [-0.3, -0.25) is 9.63 Å². The van der Waals surface area contributed by atoms with E-state index >= 15 is 0 Å². The molecule has 2 aromatic carbocycles. The Morgan fingerprint density at radius 3 is 2.85 bits per heavy atom. The number of aromatic nitrogens is 1. The first kappa shape index (κ1) is 19.2. The second-order valence-corrected chi connectivity index (χ2v) is 6.49. The Morgan fingerprint density at radius 2 is 2.15 bits per heavy atom. The summed E-state index contributed by atoms with van der Waals surface area (Å²) in [4.78, 5) is 21.2. The number of hydroxylamine groups is 1. The zero-order valence-electron chi connectivity index (χ0n) is 14.4. The van der Waals surface area contributed by atoms with Gasteiger partial charge in [0.1, 0.15) is 11.3 Å². The molecule has 27 heavy (non-hydrogen) atoms. The number of aliphatic hydroxyl groups is 1. The number of carbonyl (C=O) groups excluding carboxylic acids is 1. The minimum absolute atomic E-state index is 0.0333. The van der Waals surface area contributed by atoms with Gasteiger partial charge in [0, 0.05) is 0 Å². The molecular weight excluding hydrogens is 376 g/mol. The van der Waals surface area contributed by atoms with E-state index in [4.69, 9.17) is 9.94 Å². The number of halogens is 2. The average Bonchev–Trinajstić information content (AvgIpc) is 3.14. The lowest BCUT2D eigenvalue weighted by atomic mass is 10.1. The van der Waals surface area contributed by atoms with Crippen molar-refractivity contribution in [2.75, 3.05) is 18.5 Å². The molecule has 0 radical (unpaired) electrons. The van der Waals surface area contributed by atoms with Crippen LogP contribution in [-0.4, -0.2) is 29.2 Å². The van der Waals surface area contributed by atoms with Crippen LogP contribution in [0, 0.1) is 11.6 Å². The second-order valence-electron chi connectivity index (χ2n) is 5.61. The molecule has 3 N–H and O–H groups in total. The Labute approximate surface area is 157 Å². The number of rotatable bonds is 7. The second kappa shape index (κ2) is 8.38. The molecule has 0 saturated carbocycles. The van der Waals surface area contributed by atoms with Crippen LogP contribution in [0.15, 0.2) is 29.8 Å². The van der Waals surface area contributed by atoms with Crippen molar-refractivity contribution >= 4 is 38.8 Å². The highest BCUT2D eigenvalue weighted by Crippen LogP contribution is 2.33. The number of benzene rings is 2. The first-order chi connectivity index (χ1) is 13.0. The largest absolute Gasteiger partial charge is 0.394 e. The minimum atomic E-state index is -0.764. The number of nitrogens with one attached hydrogen (secondary N) is 2. The Bertz CT molecular complexity index is 978. The fourth-order valence-corrected chi connectivity index (χ4v) is 3.21. The lowest BCUT2D eigenvalue weighted by molar-refractivity contribution is 0.0169. The Kier molecular flexibility index (Phi) is 5.94. The van der Waals surface area contributed by atoms with Crippen LogP contribution >= 0.6 is 11.3 Å². The fourth-order valence-electron chi connectivity index (χ4n) is 2.50. The van der Waals surface area contributed by atoms with Crippen LogP contribution < -0.4 is 10.8 Å². The van der Waals surface area contributed by atoms with Crippen LogP contribution in [0.3, 0.4) is 0 Å². The third kappa shape index (κ3) is 4.05. The van der Waals surface area contributed by atoms with Crippen LogP contribution in [0.4, 0.5) is 20.2 Å². The van der Waals surface area contributed by atoms with Gasteiger partial charge in [-0.05, 0) is 30.2 Å². The zero-order valence-corrected chi connectivity index (χ0v) is 15.2. The van der Waals surface area contributed by atoms with E-state index in [9.17, 15) is 13.6 Å². The van der Waals surface area contributed by atoms with Gasteiger partial charge < -0.3 is 10.4 Å². The maximum Gasteiger partial charge on any atom is 0.277 e. The van der Waals surface area contributed by atoms with E-state index in [1.54, 1.807) is 6.07 Å². The lowest BCUT2D eigenvalue weighted by Gasteiger charge is -2.14. The summed E-state index contributed by atoms with van der Waals surface area (Å²) >= 11 is 1.17. The summed E-state index contributed by atoms with van der Waals surface area (Å²) in [5.74, 6) is -2.05. The van der Waals surface area contributed by atoms with E-state index in [0.29, 0.717) is 11.1 Å². The number of amides is 1. The lowest BCUT2D eigenvalue weighted by Crippen LogP contribution is -2.26. The molecule has 0 bridgehead atoms. The van der Waals surface area contributed by atoms with Gasteiger partial charge in [0.25, 0.3) is 5.91 Å². The Balaban J connectivity index is 2.02. The molecule has 0 fully saturated rings. The van der Waals surface area contributed by atoms with Gasteiger partial charge in [-0.2, -0.15) is 0 Å². The number of hydrogen-bond donors (Lipinski definition) is 3. The first-order valence-electron chi connectivity index (χ1n) is 8.19. The van der Waals surface area contributed by atoms with Gasteiger partial charge in [-0.25, -0.2) is 19.2 Å². The van der Waals surface area contributed by atoms with Crippen LogP contribution in [0.25, 0.3) is 10.2 Å². The third-order valence-corrected chi connectivity index (χ3v) is 4.65. The molecule has 0 saturated heterocycles. The molecule has 1 amide bonds. The van der Waals surface area contributed by atoms with Gasteiger partial charge in [0.2, 0.25) is 0 Å². The standard InChI is InChI=1S/C18H17F2N3O3S/c1-2-10-3-4-13(12(19)7-10)22-16-11(18(25)23-26-6-5-24)8-14-17(15(16)20)21-9-27-14/h3-4,7-9,22,24H,2,5-6H2,1H3,(H,23,25). The van der Waals surface area contributed by atoms with Crippen molar-refractivity contribution in [3.63, 3.8) is 0 Å². The van der Waals surface area contributed by atoms with Crippen LogP contribution in [0.2, 0.25) is 0 Å². The van der Waals surface area contributed by atoms with Crippen molar-refractivity contribution in [2.24, 2.45) is 0 Å². The molecule has 0 spiro atoms. The van der Waals surface area contributed by atoms with Gasteiger partial charge in [0.15, 0.2) is 5.82 Å². The maximum atomic E-state index is 15.0. The highest BCUT2D eigenvalue weighted by molar-refractivity contribution is 7.16. The zero-order chi connectivity index (χ0) is 19.4. The van der Waals surface area contributed by atoms with Crippen molar-refractivity contribution in [1.29, 1.82) is 0 Å². The smallest absolute Gasteiger partial charge is 0.277 e. The van der Waals surface area contributed by atoms with E-state index in [1.807, 2.05) is 6.92 Å². The molecule has 0 aliphatic heterocycles. The predicted molar refractivity (Wildman–Crippen MR) is 99.1 cm³/mol. The Morgan fingerprint density at radius 1 is 1.33 bits per heavy atom. The van der Waals surface area contributed by atoms with E-state index in [2.05, 4.69) is 15.8 Å². The predicted octanol–water partition coefficient (Wildman–Crippen LogP) is 3.53. The number of aryl methyl sites for hydroxylation is 1. The summed E-state index contributed by atoms with van der Waals surface area (Å²) in [5.41, 5.74) is 4.22. The minimum Gasteiger partial charge on any atom is -0.394 e. The van der Waals surface area contributed by atoms with Gasteiger partial charge in [-0.15, -0.1) is 11.3 Å². The maximum absolute atomic E-state index is 15.0. The van der Waals surface area contributed by atoms with Crippen LogP contribution in [0.1, 0.15) is 22.8 Å². The topological polar surface area (TPSA) is 83.5 Å². The van der Waals surface area contributed by atoms with Crippen molar-refractivity contribution < 1.29 is 23.5 Å². The average molecular weight is 393 g/mol. The molecule has 1 aromatic heterocycles. The highest BCUT2D eigenvalue weighted by Gasteiger charge is 2.21. The molecule has 1 heterocycles. The monoisotopic (exact) mass is 393 g/mol. The molecule has 6 nitrogen and oxygen atoms in total. The highest BCUT2D eigenvalue weighted by atomic mass is 32.1. The molecule has 0 aliphatic carbocycles. The molecule has 0 atom stereocenters. The number of hydrogen-bond acceptors (Lipinski definition) is 6. The summed E-state index contributed by atoms with van der Waals surface area (Å²) in [5, 5.41) is 11.4. The van der Waals surface area contributed by atoms with Crippen molar-refractivity contribution in [3.8, 4) is 0 Å². The third-order valence-electron chi connectivity index (χ3n) is 3.87. The summed E-state index contributed by atoms with van der Waals surface area (Å²) in [7, 11) is 0. The van der Waals surface area contributed by atoms with Gasteiger partial charge >= 0.3 is 0 Å². The molecular formula is C18H17F2N3O3S. The number of fused-ring (bicyclic) bond motifs is 1. The summed E-state index contributed by atoms with van der Waals surface area (Å²) in [6, 6.07) is 6.01. The first-order valence-corrected chi connectivity index (χ1v) is 9.07. The number of anilines is 2. The Hall–Kier alpha value is -2.62. The van der Waals surface area contributed by atoms with Crippen molar-refractivity contribution in [3.05, 3.63) is 52.5 Å². The summed E-state index contributed by atoms with van der Waals surface area (Å²) < 4.78 is 29.8. The molecule has 3 rings (SSSR count).